The summed E-state index contributed by atoms with van der Waals surface area (Å²) in [4.78, 5) is 16.2. The Hall–Kier alpha value is -3.48. The van der Waals surface area contributed by atoms with E-state index < -0.39 is 6.61 Å². The third-order valence-electron chi connectivity index (χ3n) is 4.10. The lowest BCUT2D eigenvalue weighted by Gasteiger charge is -2.14. The maximum atomic E-state index is 12.4. The first-order valence-corrected chi connectivity index (χ1v) is 8.63. The number of aromatic nitrogens is 2. The Morgan fingerprint density at radius 3 is 2.61 bits per heavy atom. The minimum atomic E-state index is -2.92. The van der Waals surface area contributed by atoms with Crippen molar-refractivity contribution in [3.05, 3.63) is 84.5 Å². The zero-order chi connectivity index (χ0) is 19.9. The number of carbonyl (C=O) groups excluding carboxylic acids is 1. The van der Waals surface area contributed by atoms with Gasteiger partial charge in [-0.05, 0) is 36.8 Å². The normalized spacial score (nSPS) is 12.3. The Balaban J connectivity index is 1.62. The fourth-order valence-corrected chi connectivity index (χ4v) is 2.68. The van der Waals surface area contributed by atoms with E-state index in [0.29, 0.717) is 5.56 Å². The molecule has 28 heavy (non-hydrogen) atoms. The summed E-state index contributed by atoms with van der Waals surface area (Å²) < 4.78 is 31.2. The van der Waals surface area contributed by atoms with E-state index in [0.717, 1.165) is 11.3 Å². The van der Waals surface area contributed by atoms with E-state index in [1.807, 2.05) is 42.0 Å². The molecule has 1 amide bonds. The molecule has 0 fully saturated rings. The number of hydrogen-bond acceptors (Lipinski definition) is 3. The lowest BCUT2D eigenvalue weighted by Crippen LogP contribution is -2.24. The number of rotatable bonds is 7. The topological polar surface area (TPSA) is 56.1 Å². The van der Waals surface area contributed by atoms with Crippen LogP contribution in [0.25, 0.3) is 11.8 Å². The molecule has 0 bridgehead atoms. The molecule has 0 radical (unpaired) electrons. The molecule has 1 N–H and O–H groups in total. The van der Waals surface area contributed by atoms with Gasteiger partial charge in [0.15, 0.2) is 0 Å². The maximum absolute atomic E-state index is 12.4. The van der Waals surface area contributed by atoms with E-state index in [4.69, 9.17) is 0 Å². The van der Waals surface area contributed by atoms with E-state index in [2.05, 4.69) is 15.0 Å². The van der Waals surface area contributed by atoms with E-state index in [1.54, 1.807) is 30.7 Å². The van der Waals surface area contributed by atoms with Crippen molar-refractivity contribution in [3.8, 4) is 11.4 Å². The largest absolute Gasteiger partial charge is 0.434 e. The fourth-order valence-electron chi connectivity index (χ4n) is 2.68. The van der Waals surface area contributed by atoms with Crippen molar-refractivity contribution >= 4 is 12.0 Å². The van der Waals surface area contributed by atoms with Crippen molar-refractivity contribution in [1.82, 2.24) is 14.9 Å². The molecule has 0 saturated carbocycles. The molecular weight excluding hydrogens is 364 g/mol. The standard InChI is InChI=1S/C21H19F2N3O2/c1-15(16-6-9-18(10-7-16)26-13-12-24-14-26)25-20(27)11-8-17-4-2-3-5-19(17)28-21(22)23/h2-15,21H,1H3,(H,25,27)/b11-8+/t15-/m1/s1. The van der Waals surface area contributed by atoms with Crippen LogP contribution in [0.15, 0.2) is 73.3 Å². The highest BCUT2D eigenvalue weighted by molar-refractivity contribution is 5.92. The van der Waals surface area contributed by atoms with Crippen molar-refractivity contribution in [2.24, 2.45) is 0 Å². The first kappa shape index (κ1) is 19.3. The van der Waals surface area contributed by atoms with E-state index >= 15 is 0 Å². The molecular formula is C21H19F2N3O2. The summed E-state index contributed by atoms with van der Waals surface area (Å²) in [6.07, 6.45) is 8.00. The van der Waals surface area contributed by atoms with Gasteiger partial charge in [-0.1, -0.05) is 30.3 Å². The molecule has 1 aromatic heterocycles. The summed E-state index contributed by atoms with van der Waals surface area (Å²) in [5.41, 5.74) is 2.30. The van der Waals surface area contributed by atoms with Crippen LogP contribution in [-0.2, 0) is 4.79 Å². The lowest BCUT2D eigenvalue weighted by molar-refractivity contribution is -0.117. The van der Waals surface area contributed by atoms with Gasteiger partial charge < -0.3 is 14.6 Å². The van der Waals surface area contributed by atoms with E-state index in [9.17, 15) is 13.6 Å². The second kappa shape index (κ2) is 8.94. The minimum absolute atomic E-state index is 0.0182. The predicted octanol–water partition coefficient (Wildman–Crippen LogP) is 4.36. The molecule has 3 aromatic rings. The molecule has 3 rings (SSSR count). The van der Waals surface area contributed by atoms with Gasteiger partial charge >= 0.3 is 6.61 Å². The summed E-state index contributed by atoms with van der Waals surface area (Å²) in [6.45, 7) is -1.06. The number of amides is 1. The number of ether oxygens (including phenoxy) is 1. The Kier molecular flexibility index (Phi) is 6.16. The van der Waals surface area contributed by atoms with Crippen LogP contribution in [0.2, 0.25) is 0 Å². The third-order valence-corrected chi connectivity index (χ3v) is 4.10. The van der Waals surface area contributed by atoms with Crippen LogP contribution in [0.1, 0.15) is 24.1 Å². The Bertz CT molecular complexity index is 939. The van der Waals surface area contributed by atoms with E-state index in [1.165, 1.54) is 18.2 Å². The van der Waals surface area contributed by atoms with Gasteiger partial charge in [0, 0.05) is 29.7 Å². The minimum Gasteiger partial charge on any atom is -0.434 e. The number of carbonyl (C=O) groups is 1. The number of nitrogens with zero attached hydrogens (tertiary/aromatic N) is 2. The average molecular weight is 383 g/mol. The predicted molar refractivity (Wildman–Crippen MR) is 102 cm³/mol. The highest BCUT2D eigenvalue weighted by atomic mass is 19.3. The fraction of sp³-hybridized carbons (Fsp3) is 0.143. The summed E-state index contributed by atoms with van der Waals surface area (Å²) in [6, 6.07) is 13.8. The summed E-state index contributed by atoms with van der Waals surface area (Å²) in [7, 11) is 0. The molecule has 5 nitrogen and oxygen atoms in total. The number of halogens is 2. The average Bonchev–Trinajstić information content (AvgIpc) is 3.22. The second-order valence-electron chi connectivity index (χ2n) is 6.04. The summed E-state index contributed by atoms with van der Waals surface area (Å²) in [5, 5.41) is 2.85. The van der Waals surface area contributed by atoms with Gasteiger partial charge in [-0.15, -0.1) is 0 Å². The highest BCUT2D eigenvalue weighted by Gasteiger charge is 2.10. The third kappa shape index (κ3) is 5.03. The molecule has 0 spiro atoms. The van der Waals surface area contributed by atoms with Crippen molar-refractivity contribution < 1.29 is 18.3 Å². The van der Waals surface area contributed by atoms with Crippen LogP contribution in [0.5, 0.6) is 5.75 Å². The SMILES string of the molecule is C[C@@H](NC(=O)/C=C/c1ccccc1OC(F)F)c1ccc(-n2ccnc2)cc1. The van der Waals surface area contributed by atoms with E-state index in [-0.39, 0.29) is 17.7 Å². The van der Waals surface area contributed by atoms with Gasteiger partial charge in [0.1, 0.15) is 5.75 Å². The van der Waals surface area contributed by atoms with Gasteiger partial charge in [0.05, 0.1) is 12.4 Å². The Labute approximate surface area is 161 Å². The van der Waals surface area contributed by atoms with Crippen molar-refractivity contribution in [2.45, 2.75) is 19.6 Å². The summed E-state index contributed by atoms with van der Waals surface area (Å²) >= 11 is 0. The quantitative estimate of drug-likeness (QED) is 0.617. The van der Waals surface area contributed by atoms with Crippen LogP contribution in [0.4, 0.5) is 8.78 Å². The van der Waals surface area contributed by atoms with Crippen molar-refractivity contribution in [3.63, 3.8) is 0 Å². The van der Waals surface area contributed by atoms with Gasteiger partial charge in [0.2, 0.25) is 5.91 Å². The zero-order valence-corrected chi connectivity index (χ0v) is 15.1. The Morgan fingerprint density at radius 2 is 1.93 bits per heavy atom. The van der Waals surface area contributed by atoms with Crippen LogP contribution in [0.3, 0.4) is 0 Å². The van der Waals surface area contributed by atoms with Crippen LogP contribution < -0.4 is 10.1 Å². The molecule has 0 aliphatic rings. The zero-order valence-electron chi connectivity index (χ0n) is 15.1. The molecule has 2 aromatic carbocycles. The Morgan fingerprint density at radius 1 is 1.18 bits per heavy atom. The smallest absolute Gasteiger partial charge is 0.387 e. The highest BCUT2D eigenvalue weighted by Crippen LogP contribution is 2.21. The van der Waals surface area contributed by atoms with Crippen LogP contribution >= 0.6 is 0 Å². The molecule has 0 unspecified atom stereocenters. The second-order valence-corrected chi connectivity index (χ2v) is 6.04. The number of imidazole rings is 1. The number of para-hydroxylation sites is 1. The molecule has 1 atom stereocenters. The molecule has 0 saturated heterocycles. The number of benzene rings is 2. The molecule has 7 heteroatoms. The lowest BCUT2D eigenvalue weighted by atomic mass is 10.1. The van der Waals surface area contributed by atoms with Gasteiger partial charge in [0.25, 0.3) is 0 Å². The van der Waals surface area contributed by atoms with Gasteiger partial charge in [-0.25, -0.2) is 4.98 Å². The molecule has 0 aliphatic heterocycles. The molecule has 0 aliphatic carbocycles. The first-order chi connectivity index (χ1) is 13.5. The van der Waals surface area contributed by atoms with Gasteiger partial charge in [-0.2, -0.15) is 8.78 Å². The van der Waals surface area contributed by atoms with Crippen molar-refractivity contribution in [1.29, 1.82) is 0 Å². The van der Waals surface area contributed by atoms with Gasteiger partial charge in [-0.3, -0.25) is 4.79 Å². The molecule has 1 heterocycles. The van der Waals surface area contributed by atoms with Crippen molar-refractivity contribution in [2.75, 3.05) is 0 Å². The monoisotopic (exact) mass is 383 g/mol. The number of hydrogen-bond donors (Lipinski definition) is 1. The maximum Gasteiger partial charge on any atom is 0.387 e. The summed E-state index contributed by atoms with van der Waals surface area (Å²) in [5.74, 6) is -0.317. The van der Waals surface area contributed by atoms with Crippen LogP contribution in [0, 0.1) is 0 Å². The number of alkyl halides is 2. The molecule has 144 valence electrons. The number of nitrogens with one attached hydrogen (secondary N) is 1. The first-order valence-electron chi connectivity index (χ1n) is 8.63. The van der Waals surface area contributed by atoms with Crippen LogP contribution in [-0.4, -0.2) is 22.1 Å².